The van der Waals surface area contributed by atoms with Crippen LogP contribution in [-0.4, -0.2) is 46.6 Å². The van der Waals surface area contributed by atoms with Crippen molar-refractivity contribution in [2.45, 2.75) is 50.7 Å². The first-order valence-electron chi connectivity index (χ1n) is 14.3. The van der Waals surface area contributed by atoms with Gasteiger partial charge in [-0.3, -0.25) is 15.0 Å². The largest absolute Gasteiger partial charge is 0.416 e. The van der Waals surface area contributed by atoms with Crippen molar-refractivity contribution in [1.82, 2.24) is 20.6 Å². The van der Waals surface area contributed by atoms with Gasteiger partial charge in [0.05, 0.1) is 29.1 Å². The van der Waals surface area contributed by atoms with Gasteiger partial charge in [0, 0.05) is 35.1 Å². The predicted octanol–water partition coefficient (Wildman–Crippen LogP) is 4.77. The lowest BCUT2D eigenvalue weighted by molar-refractivity contribution is -0.137. The Hall–Kier alpha value is -4.78. The normalized spacial score (nSPS) is 14.0. The zero-order chi connectivity index (χ0) is 31.7. The summed E-state index contributed by atoms with van der Waals surface area (Å²) in [5.74, 6) is -0.846. The van der Waals surface area contributed by atoms with E-state index >= 15 is 0 Å². The Morgan fingerprint density at radius 2 is 1.73 bits per heavy atom. The van der Waals surface area contributed by atoms with Gasteiger partial charge < -0.3 is 27.4 Å². The first-order valence-corrected chi connectivity index (χ1v) is 14.3. The first-order chi connectivity index (χ1) is 21.0. The number of benzene rings is 1. The Kier molecular flexibility index (Phi) is 10.7. The van der Waals surface area contributed by atoms with E-state index in [1.54, 1.807) is 6.08 Å². The zero-order valence-corrected chi connectivity index (χ0v) is 24.0. The Bertz CT molecular complexity index is 1520. The van der Waals surface area contributed by atoms with Crippen LogP contribution in [0.5, 0.6) is 0 Å². The van der Waals surface area contributed by atoms with E-state index in [0.29, 0.717) is 24.1 Å². The van der Waals surface area contributed by atoms with E-state index in [0.717, 1.165) is 44.0 Å². The van der Waals surface area contributed by atoms with Gasteiger partial charge in [0.25, 0.3) is 5.91 Å². The van der Waals surface area contributed by atoms with Crippen LogP contribution in [0.3, 0.4) is 0 Å². The highest BCUT2D eigenvalue weighted by Crippen LogP contribution is 2.30. The Morgan fingerprint density at radius 3 is 2.43 bits per heavy atom. The van der Waals surface area contributed by atoms with Crippen molar-refractivity contribution >= 4 is 40.9 Å². The third-order valence-corrected chi connectivity index (χ3v) is 7.23. The van der Waals surface area contributed by atoms with Crippen LogP contribution in [0.15, 0.2) is 54.9 Å². The molecule has 0 radical (unpaired) electrons. The summed E-state index contributed by atoms with van der Waals surface area (Å²) in [7, 11) is 0. The molecule has 2 heterocycles. The van der Waals surface area contributed by atoms with E-state index in [9.17, 15) is 22.8 Å². The molecule has 1 saturated carbocycles. The minimum atomic E-state index is -4.57. The molecule has 3 aromatic rings. The number of amides is 2. The van der Waals surface area contributed by atoms with E-state index in [-0.39, 0.29) is 52.7 Å². The maximum Gasteiger partial charge on any atom is 0.416 e. The minimum Gasteiger partial charge on any atom is -0.398 e. The molecule has 2 amide bonds. The predicted molar refractivity (Wildman–Crippen MR) is 164 cm³/mol. The van der Waals surface area contributed by atoms with Crippen LogP contribution >= 0.6 is 0 Å². The third kappa shape index (κ3) is 8.63. The van der Waals surface area contributed by atoms with Crippen molar-refractivity contribution in [2.75, 3.05) is 29.9 Å². The first kappa shape index (κ1) is 32.1. The number of nitrogen functional groups attached to an aromatic ring is 2. The molecular weight excluding hydrogens is 573 g/mol. The number of alkyl halides is 3. The number of carbonyl (C=O) groups excluding carboxylic acids is 2. The van der Waals surface area contributed by atoms with E-state index in [2.05, 4.69) is 25.9 Å². The summed E-state index contributed by atoms with van der Waals surface area (Å²) in [5.41, 5.74) is 13.1. The van der Waals surface area contributed by atoms with Gasteiger partial charge in [0.15, 0.2) is 0 Å². The molecule has 4 rings (SSSR count). The number of nitrogens with one attached hydrogen (secondary N) is 4. The van der Waals surface area contributed by atoms with Crippen molar-refractivity contribution in [1.29, 1.82) is 5.41 Å². The van der Waals surface area contributed by atoms with Crippen LogP contribution in [-0.2, 0) is 11.0 Å². The molecule has 0 atom stereocenters. The van der Waals surface area contributed by atoms with Crippen molar-refractivity contribution < 1.29 is 22.8 Å². The number of nitrogens with two attached hydrogens (primary N) is 2. The number of rotatable bonds is 11. The van der Waals surface area contributed by atoms with E-state index < -0.39 is 17.6 Å². The summed E-state index contributed by atoms with van der Waals surface area (Å²) >= 11 is 0. The molecule has 0 saturated heterocycles. The fourth-order valence-corrected chi connectivity index (χ4v) is 4.87. The van der Waals surface area contributed by atoms with Gasteiger partial charge in [-0.15, -0.1) is 0 Å². The third-order valence-electron chi connectivity index (χ3n) is 7.23. The minimum absolute atomic E-state index is 0.00241. The number of halogens is 3. The van der Waals surface area contributed by atoms with Crippen LogP contribution in [0.1, 0.15) is 71.1 Å². The van der Waals surface area contributed by atoms with E-state index in [4.69, 9.17) is 16.9 Å². The molecule has 0 spiro atoms. The highest BCUT2D eigenvalue weighted by molar-refractivity contribution is 6.17. The molecule has 0 unspecified atom stereocenters. The molecule has 232 valence electrons. The second-order valence-electron chi connectivity index (χ2n) is 10.5. The van der Waals surface area contributed by atoms with Gasteiger partial charge in [-0.25, -0.2) is 9.97 Å². The van der Waals surface area contributed by atoms with Gasteiger partial charge in [0.1, 0.15) is 11.6 Å². The molecular formula is C31H35F3N8O2. The zero-order valence-electron chi connectivity index (χ0n) is 24.0. The summed E-state index contributed by atoms with van der Waals surface area (Å²) in [6.07, 6.45) is 7.83. The van der Waals surface area contributed by atoms with Crippen molar-refractivity contribution in [3.8, 4) is 0 Å². The summed E-state index contributed by atoms with van der Waals surface area (Å²) in [6.45, 7) is 0.836. The van der Waals surface area contributed by atoms with Gasteiger partial charge in [-0.2, -0.15) is 13.2 Å². The molecule has 44 heavy (non-hydrogen) atoms. The van der Waals surface area contributed by atoms with Crippen molar-refractivity contribution in [3.05, 3.63) is 82.7 Å². The van der Waals surface area contributed by atoms with Crippen molar-refractivity contribution in [2.24, 2.45) is 0 Å². The maximum absolute atomic E-state index is 13.0. The molecule has 1 aliphatic carbocycles. The lowest BCUT2D eigenvalue weighted by atomic mass is 9.95. The highest BCUT2D eigenvalue weighted by Gasteiger charge is 2.31. The molecule has 1 fully saturated rings. The van der Waals surface area contributed by atoms with Crippen LogP contribution in [0, 0.1) is 5.41 Å². The van der Waals surface area contributed by atoms with Gasteiger partial charge in [-0.05, 0) is 50.1 Å². The molecule has 1 aromatic carbocycles. The molecule has 0 bridgehead atoms. The van der Waals surface area contributed by atoms with Gasteiger partial charge >= 0.3 is 6.18 Å². The Balaban J connectivity index is 1.33. The van der Waals surface area contributed by atoms with Crippen LogP contribution in [0.4, 0.5) is 30.5 Å². The molecule has 10 nitrogen and oxygen atoms in total. The second-order valence-corrected chi connectivity index (χ2v) is 10.5. The van der Waals surface area contributed by atoms with Gasteiger partial charge in [-0.1, -0.05) is 43.5 Å². The SMILES string of the molecule is N=C(c1ccc(C(=O)Nc2cc(C(F)(F)F)ccn2)cc1)c1c(N)ncc(/C=C/CCNCC(=O)NC2CCCCC2)c1N. The lowest BCUT2D eigenvalue weighted by Crippen LogP contribution is -2.41. The quantitative estimate of drug-likeness (QED) is 0.134. The summed E-state index contributed by atoms with van der Waals surface area (Å²) in [4.78, 5) is 32.7. The molecule has 1 aliphatic rings. The van der Waals surface area contributed by atoms with Crippen LogP contribution in [0.25, 0.3) is 6.08 Å². The standard InChI is InChI=1S/C31H35F3N8O2/c32-31(33,34)22-13-15-39-24(16-22)42-30(44)20-11-9-19(10-12-20)27(35)26-28(36)21(17-40-29(26)37)6-4-5-14-38-18-25(43)41-23-7-2-1-3-8-23/h4,6,9-13,15-17,23,35,38H,1-3,5,7-8,14,18H2,(H,41,43)(H4,36,37,40)(H,39,42,44)/b6-4+,35-27?. The summed E-state index contributed by atoms with van der Waals surface area (Å²) in [6, 6.07) is 7.71. The monoisotopic (exact) mass is 608 g/mol. The molecule has 8 N–H and O–H groups in total. The molecule has 13 heteroatoms. The van der Waals surface area contributed by atoms with E-state index in [1.165, 1.54) is 36.9 Å². The van der Waals surface area contributed by atoms with Crippen molar-refractivity contribution in [3.63, 3.8) is 0 Å². The number of hydrogen-bond donors (Lipinski definition) is 6. The number of carbonyl (C=O) groups is 2. The number of pyridine rings is 2. The number of nitrogens with zero attached hydrogens (tertiary/aromatic N) is 2. The van der Waals surface area contributed by atoms with Crippen LogP contribution in [0.2, 0.25) is 0 Å². The molecule has 0 aliphatic heterocycles. The number of hydrogen-bond acceptors (Lipinski definition) is 8. The Morgan fingerprint density at radius 1 is 1.02 bits per heavy atom. The lowest BCUT2D eigenvalue weighted by Gasteiger charge is -2.22. The second kappa shape index (κ2) is 14.6. The van der Waals surface area contributed by atoms with E-state index in [1.807, 2.05) is 6.08 Å². The highest BCUT2D eigenvalue weighted by atomic mass is 19.4. The fourth-order valence-electron chi connectivity index (χ4n) is 4.87. The maximum atomic E-state index is 13.0. The van der Waals surface area contributed by atoms with Crippen LogP contribution < -0.4 is 27.4 Å². The average molecular weight is 609 g/mol. The number of aromatic nitrogens is 2. The smallest absolute Gasteiger partial charge is 0.398 e. The number of anilines is 3. The topological polar surface area (TPSA) is 172 Å². The van der Waals surface area contributed by atoms with Gasteiger partial charge in [0.2, 0.25) is 5.91 Å². The fraction of sp³-hybridized carbons (Fsp3) is 0.323. The Labute approximate surface area is 253 Å². The summed E-state index contributed by atoms with van der Waals surface area (Å²) in [5, 5.41) is 17.2. The average Bonchev–Trinajstić information content (AvgIpc) is 3.00. The summed E-state index contributed by atoms with van der Waals surface area (Å²) < 4.78 is 38.9. The molecule has 2 aromatic heterocycles.